The second-order valence-corrected chi connectivity index (χ2v) is 3.99. The molecule has 86 valence electrons. The Morgan fingerprint density at radius 2 is 2.12 bits per heavy atom. The molecular weight excluding hydrogens is 207 g/mol. The molecule has 0 spiro atoms. The number of piperazine rings is 1. The van der Waals surface area contributed by atoms with Gasteiger partial charge in [0.15, 0.2) is 0 Å². The standard InChI is InChI=1S/C12H15FN2O/c13-12-2-1-10(9-16)7-11(12)8-15-5-3-14-4-6-15/h1-2,7,9,14H,3-6,8H2. The average molecular weight is 222 g/mol. The number of hydrogen-bond acceptors (Lipinski definition) is 3. The Kier molecular flexibility index (Phi) is 3.64. The maximum Gasteiger partial charge on any atom is 0.150 e. The Balaban J connectivity index is 2.09. The highest BCUT2D eigenvalue weighted by atomic mass is 19.1. The molecule has 0 unspecified atom stereocenters. The van der Waals surface area contributed by atoms with Crippen LogP contribution in [0, 0.1) is 5.82 Å². The Morgan fingerprint density at radius 3 is 2.81 bits per heavy atom. The minimum atomic E-state index is -0.232. The summed E-state index contributed by atoms with van der Waals surface area (Å²) in [5, 5.41) is 3.25. The fourth-order valence-electron chi connectivity index (χ4n) is 1.90. The molecule has 0 atom stereocenters. The maximum absolute atomic E-state index is 13.5. The van der Waals surface area contributed by atoms with Crippen LogP contribution in [0.2, 0.25) is 0 Å². The van der Waals surface area contributed by atoms with Crippen molar-refractivity contribution in [3.05, 3.63) is 35.1 Å². The van der Waals surface area contributed by atoms with E-state index in [4.69, 9.17) is 0 Å². The zero-order chi connectivity index (χ0) is 11.4. The lowest BCUT2D eigenvalue weighted by atomic mass is 10.1. The van der Waals surface area contributed by atoms with Crippen molar-refractivity contribution in [1.29, 1.82) is 0 Å². The first-order valence-electron chi connectivity index (χ1n) is 5.46. The van der Waals surface area contributed by atoms with Gasteiger partial charge in [-0.15, -0.1) is 0 Å². The number of carbonyl (C=O) groups excluding carboxylic acids is 1. The molecule has 4 heteroatoms. The van der Waals surface area contributed by atoms with Crippen molar-refractivity contribution in [3.8, 4) is 0 Å². The second kappa shape index (κ2) is 5.18. The van der Waals surface area contributed by atoms with Crippen molar-refractivity contribution in [1.82, 2.24) is 10.2 Å². The molecule has 1 N–H and O–H groups in total. The molecule has 1 fully saturated rings. The van der Waals surface area contributed by atoms with Gasteiger partial charge in [0.1, 0.15) is 12.1 Å². The van der Waals surface area contributed by atoms with Gasteiger partial charge in [-0.2, -0.15) is 0 Å². The molecule has 2 rings (SSSR count). The maximum atomic E-state index is 13.5. The first-order valence-corrected chi connectivity index (χ1v) is 5.46. The molecule has 1 heterocycles. The van der Waals surface area contributed by atoms with Crippen molar-refractivity contribution in [2.75, 3.05) is 26.2 Å². The van der Waals surface area contributed by atoms with Crippen molar-refractivity contribution in [2.45, 2.75) is 6.54 Å². The number of benzene rings is 1. The van der Waals surface area contributed by atoms with Gasteiger partial charge in [-0.1, -0.05) is 0 Å². The van der Waals surface area contributed by atoms with Crippen LogP contribution in [0.25, 0.3) is 0 Å². The van der Waals surface area contributed by atoms with Gasteiger partial charge in [0.25, 0.3) is 0 Å². The molecule has 16 heavy (non-hydrogen) atoms. The van der Waals surface area contributed by atoms with Gasteiger partial charge in [-0.05, 0) is 18.2 Å². The number of nitrogens with zero attached hydrogens (tertiary/aromatic N) is 1. The van der Waals surface area contributed by atoms with E-state index < -0.39 is 0 Å². The molecule has 0 amide bonds. The molecular formula is C12H15FN2O. The van der Waals surface area contributed by atoms with Gasteiger partial charge in [0.2, 0.25) is 0 Å². The van der Waals surface area contributed by atoms with Gasteiger partial charge in [-0.3, -0.25) is 9.69 Å². The topological polar surface area (TPSA) is 32.3 Å². The SMILES string of the molecule is O=Cc1ccc(F)c(CN2CCNCC2)c1. The number of halogens is 1. The molecule has 0 bridgehead atoms. The van der Waals surface area contributed by atoms with E-state index in [1.54, 1.807) is 6.07 Å². The van der Waals surface area contributed by atoms with Crippen LogP contribution in [0.15, 0.2) is 18.2 Å². The fourth-order valence-corrected chi connectivity index (χ4v) is 1.90. The molecule has 1 aromatic rings. The molecule has 1 saturated heterocycles. The highest BCUT2D eigenvalue weighted by Crippen LogP contribution is 2.12. The highest BCUT2D eigenvalue weighted by molar-refractivity contribution is 5.74. The highest BCUT2D eigenvalue weighted by Gasteiger charge is 2.12. The van der Waals surface area contributed by atoms with E-state index in [0.29, 0.717) is 17.7 Å². The Hall–Kier alpha value is -1.26. The monoisotopic (exact) mass is 222 g/mol. The summed E-state index contributed by atoms with van der Waals surface area (Å²) in [7, 11) is 0. The predicted molar refractivity (Wildman–Crippen MR) is 59.9 cm³/mol. The van der Waals surface area contributed by atoms with Gasteiger partial charge in [0.05, 0.1) is 0 Å². The van der Waals surface area contributed by atoms with Crippen LogP contribution in [0.3, 0.4) is 0 Å². The summed E-state index contributed by atoms with van der Waals surface area (Å²) in [4.78, 5) is 12.8. The van der Waals surface area contributed by atoms with E-state index in [2.05, 4.69) is 10.2 Å². The largest absolute Gasteiger partial charge is 0.314 e. The van der Waals surface area contributed by atoms with Crippen molar-refractivity contribution in [3.63, 3.8) is 0 Å². The first kappa shape index (κ1) is 11.2. The molecule has 0 saturated carbocycles. The van der Waals surface area contributed by atoms with Crippen LogP contribution < -0.4 is 5.32 Å². The van der Waals surface area contributed by atoms with Gasteiger partial charge in [-0.25, -0.2) is 4.39 Å². The molecule has 1 aromatic carbocycles. The van der Waals surface area contributed by atoms with Gasteiger partial charge < -0.3 is 5.32 Å². The van der Waals surface area contributed by atoms with Crippen LogP contribution >= 0.6 is 0 Å². The van der Waals surface area contributed by atoms with Crippen LogP contribution in [-0.2, 0) is 6.54 Å². The van der Waals surface area contributed by atoms with Crippen molar-refractivity contribution in [2.24, 2.45) is 0 Å². The summed E-state index contributed by atoms with van der Waals surface area (Å²) in [6.07, 6.45) is 0.751. The number of rotatable bonds is 3. The minimum absolute atomic E-state index is 0.232. The predicted octanol–water partition coefficient (Wildman–Crippen LogP) is 1.04. The van der Waals surface area contributed by atoms with Gasteiger partial charge >= 0.3 is 0 Å². The first-order chi connectivity index (χ1) is 7.79. The Bertz CT molecular complexity index is 375. The molecule has 3 nitrogen and oxygen atoms in total. The molecule has 0 aliphatic carbocycles. The van der Waals surface area contributed by atoms with Crippen LogP contribution in [-0.4, -0.2) is 37.4 Å². The summed E-state index contributed by atoms with van der Waals surface area (Å²) >= 11 is 0. The Morgan fingerprint density at radius 1 is 1.38 bits per heavy atom. The number of aldehydes is 1. The van der Waals surface area contributed by atoms with E-state index in [1.165, 1.54) is 12.1 Å². The third-order valence-corrected chi connectivity index (χ3v) is 2.81. The summed E-state index contributed by atoms with van der Waals surface area (Å²) in [5.74, 6) is -0.232. The lowest BCUT2D eigenvalue weighted by molar-refractivity contribution is 0.112. The number of carbonyl (C=O) groups is 1. The third-order valence-electron chi connectivity index (χ3n) is 2.81. The van der Waals surface area contributed by atoms with Gasteiger partial charge in [0, 0.05) is 43.9 Å². The molecule has 0 aromatic heterocycles. The Labute approximate surface area is 94.3 Å². The molecule has 0 radical (unpaired) electrons. The number of hydrogen-bond donors (Lipinski definition) is 1. The zero-order valence-electron chi connectivity index (χ0n) is 9.08. The number of nitrogens with one attached hydrogen (secondary N) is 1. The van der Waals surface area contributed by atoms with Crippen LogP contribution in [0.5, 0.6) is 0 Å². The second-order valence-electron chi connectivity index (χ2n) is 3.99. The average Bonchev–Trinajstić information content (AvgIpc) is 2.33. The summed E-state index contributed by atoms with van der Waals surface area (Å²) in [5.41, 5.74) is 1.14. The van der Waals surface area contributed by atoms with Crippen molar-refractivity contribution >= 4 is 6.29 Å². The third kappa shape index (κ3) is 2.65. The van der Waals surface area contributed by atoms with Crippen molar-refractivity contribution < 1.29 is 9.18 Å². The van der Waals surface area contributed by atoms with E-state index >= 15 is 0 Å². The summed E-state index contributed by atoms with van der Waals surface area (Å²) in [6.45, 7) is 4.30. The smallest absolute Gasteiger partial charge is 0.150 e. The fraction of sp³-hybridized carbons (Fsp3) is 0.417. The zero-order valence-corrected chi connectivity index (χ0v) is 9.08. The summed E-state index contributed by atoms with van der Waals surface area (Å²) in [6, 6.07) is 4.50. The molecule has 1 aliphatic rings. The lowest BCUT2D eigenvalue weighted by Gasteiger charge is -2.27. The summed E-state index contributed by atoms with van der Waals surface area (Å²) < 4.78 is 13.5. The minimum Gasteiger partial charge on any atom is -0.314 e. The van der Waals surface area contributed by atoms with Crippen LogP contribution in [0.1, 0.15) is 15.9 Å². The van der Waals surface area contributed by atoms with E-state index in [0.717, 1.165) is 32.5 Å². The van der Waals surface area contributed by atoms with E-state index in [1.807, 2.05) is 0 Å². The van der Waals surface area contributed by atoms with Crippen LogP contribution in [0.4, 0.5) is 4.39 Å². The van der Waals surface area contributed by atoms with E-state index in [-0.39, 0.29) is 5.82 Å². The quantitative estimate of drug-likeness (QED) is 0.776. The lowest BCUT2D eigenvalue weighted by Crippen LogP contribution is -2.43. The molecule has 1 aliphatic heterocycles. The van der Waals surface area contributed by atoms with E-state index in [9.17, 15) is 9.18 Å². The normalized spacial score (nSPS) is 17.3.